The molecule has 1 aliphatic carbocycles. The summed E-state index contributed by atoms with van der Waals surface area (Å²) in [5, 5.41) is 17.5. The van der Waals surface area contributed by atoms with Gasteiger partial charge in [-0.15, -0.1) is 0 Å². The van der Waals surface area contributed by atoms with E-state index >= 15 is 0 Å². The largest absolute Gasteiger partial charge is 0.364 e. The highest BCUT2D eigenvalue weighted by atomic mass is 32.2. The van der Waals surface area contributed by atoms with Crippen LogP contribution in [-0.2, 0) is 10.1 Å². The first kappa shape index (κ1) is 11.9. The minimum atomic E-state index is -4.37. The zero-order valence-electron chi connectivity index (χ0n) is 7.89. The third-order valence-corrected chi connectivity index (χ3v) is 3.97. The van der Waals surface area contributed by atoms with Gasteiger partial charge < -0.3 is 10.2 Å². The molecule has 0 amide bonds. The Balaban J connectivity index is 2.86. The molecule has 0 radical (unpaired) electrons. The molecule has 84 valence electrons. The van der Waals surface area contributed by atoms with Crippen LogP contribution in [-0.4, -0.2) is 34.2 Å². The molecule has 6 heteroatoms. The summed E-state index contributed by atoms with van der Waals surface area (Å²) in [6, 6.07) is 0. The first-order valence-electron chi connectivity index (χ1n) is 4.75. The summed E-state index contributed by atoms with van der Waals surface area (Å²) in [5.41, 5.74) is 0. The van der Waals surface area contributed by atoms with E-state index in [1.54, 1.807) is 0 Å². The van der Waals surface area contributed by atoms with Crippen molar-refractivity contribution in [3.8, 4) is 0 Å². The van der Waals surface area contributed by atoms with Crippen LogP contribution in [0.5, 0.6) is 0 Å². The van der Waals surface area contributed by atoms with Gasteiger partial charge in [0.05, 0.1) is 0 Å². The van der Waals surface area contributed by atoms with Crippen LogP contribution in [0.4, 0.5) is 0 Å². The van der Waals surface area contributed by atoms with Crippen LogP contribution >= 0.6 is 0 Å². The highest BCUT2D eigenvalue weighted by molar-refractivity contribution is 7.86. The summed E-state index contributed by atoms with van der Waals surface area (Å²) in [5.74, 6) is -2.28. The average molecular weight is 224 g/mol. The van der Waals surface area contributed by atoms with Gasteiger partial charge in [-0.05, 0) is 12.8 Å². The molecule has 0 aliphatic heterocycles. The van der Waals surface area contributed by atoms with Crippen LogP contribution in [0.15, 0.2) is 0 Å². The molecule has 1 atom stereocenters. The molecule has 0 aromatic rings. The fourth-order valence-electron chi connectivity index (χ4n) is 1.85. The van der Waals surface area contributed by atoms with Gasteiger partial charge in [0.2, 0.25) is 0 Å². The Labute approximate surface area is 83.5 Å². The van der Waals surface area contributed by atoms with Gasteiger partial charge in [-0.25, -0.2) is 0 Å². The van der Waals surface area contributed by atoms with Gasteiger partial charge in [0, 0.05) is 6.42 Å². The number of hydrogen-bond acceptors (Lipinski definition) is 4. The molecule has 0 heterocycles. The van der Waals surface area contributed by atoms with Gasteiger partial charge in [-0.2, -0.15) is 8.42 Å². The topological polar surface area (TPSA) is 94.8 Å². The SMILES string of the molecule is O=S(=O)(O)C1CCCCCCC1(O)O. The number of rotatable bonds is 1. The highest BCUT2D eigenvalue weighted by Gasteiger charge is 2.42. The van der Waals surface area contributed by atoms with E-state index in [9.17, 15) is 18.6 Å². The minimum absolute atomic E-state index is 0.00252. The molecule has 0 aromatic carbocycles. The molecule has 1 saturated carbocycles. The molecule has 5 nitrogen and oxygen atoms in total. The van der Waals surface area contributed by atoms with Gasteiger partial charge >= 0.3 is 0 Å². The fraction of sp³-hybridized carbons (Fsp3) is 1.00. The molecule has 0 aromatic heterocycles. The Morgan fingerprint density at radius 2 is 1.64 bits per heavy atom. The fourth-order valence-corrected chi connectivity index (χ4v) is 2.91. The summed E-state index contributed by atoms with van der Waals surface area (Å²) in [4.78, 5) is 0. The lowest BCUT2D eigenvalue weighted by Gasteiger charge is -2.30. The molecular formula is C8H16O5S. The lowest BCUT2D eigenvalue weighted by atomic mass is 9.95. The van der Waals surface area contributed by atoms with Crippen LogP contribution < -0.4 is 0 Å². The lowest BCUT2D eigenvalue weighted by Crippen LogP contribution is -2.47. The van der Waals surface area contributed by atoms with Gasteiger partial charge in [0.1, 0.15) is 5.25 Å². The van der Waals surface area contributed by atoms with E-state index in [2.05, 4.69) is 0 Å². The van der Waals surface area contributed by atoms with Gasteiger partial charge in [0.15, 0.2) is 5.79 Å². The van der Waals surface area contributed by atoms with Gasteiger partial charge in [-0.1, -0.05) is 19.3 Å². The Kier molecular flexibility index (Phi) is 3.52. The van der Waals surface area contributed by atoms with Crippen molar-refractivity contribution in [2.75, 3.05) is 0 Å². The highest BCUT2D eigenvalue weighted by Crippen LogP contribution is 2.28. The van der Waals surface area contributed by atoms with E-state index in [-0.39, 0.29) is 12.8 Å². The summed E-state index contributed by atoms with van der Waals surface area (Å²) in [6.07, 6.45) is 2.98. The Morgan fingerprint density at radius 1 is 1.07 bits per heavy atom. The molecular weight excluding hydrogens is 208 g/mol. The van der Waals surface area contributed by atoms with Gasteiger partial charge in [0.25, 0.3) is 10.1 Å². The molecule has 14 heavy (non-hydrogen) atoms. The van der Waals surface area contributed by atoms with Crippen LogP contribution in [0.2, 0.25) is 0 Å². The molecule has 1 fully saturated rings. The zero-order valence-corrected chi connectivity index (χ0v) is 8.70. The Morgan fingerprint density at radius 3 is 2.21 bits per heavy atom. The molecule has 0 saturated heterocycles. The average Bonchev–Trinajstić information content (AvgIpc) is 1.95. The minimum Gasteiger partial charge on any atom is -0.364 e. The van der Waals surface area contributed by atoms with Gasteiger partial charge in [-0.3, -0.25) is 4.55 Å². The predicted molar refractivity (Wildman–Crippen MR) is 50.2 cm³/mol. The van der Waals surface area contributed by atoms with Crippen molar-refractivity contribution < 1.29 is 23.2 Å². The standard InChI is InChI=1S/C8H16O5S/c9-8(10)6-4-2-1-3-5-7(8)14(11,12)13/h7,9-10H,1-6H2,(H,11,12,13). The van der Waals surface area contributed by atoms with Crippen molar-refractivity contribution in [2.24, 2.45) is 0 Å². The third kappa shape index (κ3) is 2.91. The Hall–Kier alpha value is -0.170. The molecule has 1 aliphatic rings. The summed E-state index contributed by atoms with van der Waals surface area (Å²) < 4.78 is 30.7. The first-order chi connectivity index (χ1) is 6.34. The second kappa shape index (κ2) is 4.14. The quantitative estimate of drug-likeness (QED) is 0.439. The normalized spacial score (nSPS) is 29.2. The van der Waals surface area contributed by atoms with E-state index in [0.29, 0.717) is 12.8 Å². The van der Waals surface area contributed by atoms with E-state index in [4.69, 9.17) is 4.55 Å². The molecule has 3 N–H and O–H groups in total. The van der Waals surface area contributed by atoms with Crippen molar-refractivity contribution in [3.63, 3.8) is 0 Å². The van der Waals surface area contributed by atoms with Crippen LogP contribution in [0, 0.1) is 0 Å². The number of aliphatic hydroxyl groups is 2. The third-order valence-electron chi connectivity index (χ3n) is 2.64. The maximum absolute atomic E-state index is 10.9. The second-order valence-corrected chi connectivity index (χ2v) is 5.43. The van der Waals surface area contributed by atoms with Crippen molar-refractivity contribution >= 4 is 10.1 Å². The van der Waals surface area contributed by atoms with Crippen LogP contribution in [0.3, 0.4) is 0 Å². The predicted octanol–water partition coefficient (Wildman–Crippen LogP) is 0.278. The molecule has 1 rings (SSSR count). The smallest absolute Gasteiger partial charge is 0.273 e. The van der Waals surface area contributed by atoms with Crippen LogP contribution in [0.25, 0.3) is 0 Å². The van der Waals surface area contributed by atoms with E-state index in [0.717, 1.165) is 12.8 Å². The lowest BCUT2D eigenvalue weighted by molar-refractivity contribution is -0.171. The molecule has 1 unspecified atom stereocenters. The van der Waals surface area contributed by atoms with Crippen LogP contribution in [0.1, 0.15) is 38.5 Å². The summed E-state index contributed by atoms with van der Waals surface area (Å²) in [7, 11) is -4.37. The first-order valence-corrected chi connectivity index (χ1v) is 6.25. The van der Waals surface area contributed by atoms with E-state index < -0.39 is 21.2 Å². The maximum Gasteiger partial charge on any atom is 0.273 e. The summed E-state index contributed by atoms with van der Waals surface area (Å²) in [6.45, 7) is 0. The number of hydrogen-bond donors (Lipinski definition) is 3. The van der Waals surface area contributed by atoms with E-state index in [1.165, 1.54) is 0 Å². The second-order valence-electron chi connectivity index (χ2n) is 3.84. The van der Waals surface area contributed by atoms with Crippen molar-refractivity contribution in [1.82, 2.24) is 0 Å². The summed E-state index contributed by atoms with van der Waals surface area (Å²) >= 11 is 0. The zero-order chi connectivity index (χ0) is 10.8. The monoisotopic (exact) mass is 224 g/mol. The maximum atomic E-state index is 10.9. The molecule has 0 spiro atoms. The van der Waals surface area contributed by atoms with Crippen molar-refractivity contribution in [2.45, 2.75) is 49.6 Å². The molecule has 0 bridgehead atoms. The van der Waals surface area contributed by atoms with E-state index in [1.807, 2.05) is 0 Å². The van der Waals surface area contributed by atoms with Crippen molar-refractivity contribution in [3.05, 3.63) is 0 Å². The Bertz CT molecular complexity index is 282. The van der Waals surface area contributed by atoms with Crippen molar-refractivity contribution in [1.29, 1.82) is 0 Å².